The number of hydrogen-bond donors (Lipinski definition) is 3. The molecule has 0 aliphatic rings. The van der Waals surface area contributed by atoms with Crippen molar-refractivity contribution in [1.82, 2.24) is 5.32 Å². The summed E-state index contributed by atoms with van der Waals surface area (Å²) in [6.07, 6.45) is 46.3. The van der Waals surface area contributed by atoms with E-state index < -0.39 is 12.1 Å². The third kappa shape index (κ3) is 38.3. The standard InChI is InChI=1S/C46H89NO5/c1-3-5-7-9-11-13-15-16-17-18-19-24-28-32-36-40-46(51)52-41-37-33-29-25-21-20-23-27-31-35-39-45(50)47-43(42-48)44(49)38-34-30-26-22-14-12-10-8-6-4-2/h34,38,43-44,48-49H,3-33,35-37,39-42H2,1-2H3,(H,47,50)/b38-34+. The van der Waals surface area contributed by atoms with Gasteiger partial charge in [-0.3, -0.25) is 9.59 Å². The summed E-state index contributed by atoms with van der Waals surface area (Å²) >= 11 is 0. The van der Waals surface area contributed by atoms with Gasteiger partial charge in [0.1, 0.15) is 0 Å². The first kappa shape index (κ1) is 50.6. The number of nitrogens with one attached hydrogen (secondary N) is 1. The summed E-state index contributed by atoms with van der Waals surface area (Å²) in [5.41, 5.74) is 0. The molecule has 308 valence electrons. The molecule has 2 atom stereocenters. The average molecular weight is 736 g/mol. The van der Waals surface area contributed by atoms with E-state index in [0.29, 0.717) is 19.4 Å². The van der Waals surface area contributed by atoms with E-state index in [9.17, 15) is 19.8 Å². The molecule has 6 heteroatoms. The quantitative estimate of drug-likeness (QED) is 0.0329. The van der Waals surface area contributed by atoms with E-state index >= 15 is 0 Å². The molecule has 0 aromatic heterocycles. The second-order valence-electron chi connectivity index (χ2n) is 15.7. The number of carbonyl (C=O) groups excluding carboxylic acids is 2. The van der Waals surface area contributed by atoms with Crippen molar-refractivity contribution in [2.75, 3.05) is 13.2 Å². The lowest BCUT2D eigenvalue weighted by Crippen LogP contribution is -2.45. The number of amides is 1. The summed E-state index contributed by atoms with van der Waals surface area (Å²) in [6.45, 7) is 4.83. The number of carbonyl (C=O) groups is 2. The largest absolute Gasteiger partial charge is 0.466 e. The number of aliphatic hydroxyl groups is 2. The minimum atomic E-state index is -0.855. The first-order valence-electron chi connectivity index (χ1n) is 23.0. The number of esters is 1. The molecule has 1 amide bonds. The highest BCUT2D eigenvalue weighted by molar-refractivity contribution is 5.76. The van der Waals surface area contributed by atoms with Crippen molar-refractivity contribution in [3.63, 3.8) is 0 Å². The fraction of sp³-hybridized carbons (Fsp3) is 0.913. The molecular formula is C46H89NO5. The van der Waals surface area contributed by atoms with Crippen LogP contribution in [0.1, 0.15) is 245 Å². The summed E-state index contributed by atoms with van der Waals surface area (Å²) in [6, 6.07) is -0.641. The highest BCUT2D eigenvalue weighted by Gasteiger charge is 2.18. The lowest BCUT2D eigenvalue weighted by molar-refractivity contribution is -0.143. The molecule has 52 heavy (non-hydrogen) atoms. The molecule has 2 unspecified atom stereocenters. The van der Waals surface area contributed by atoms with E-state index in [-0.39, 0.29) is 18.5 Å². The van der Waals surface area contributed by atoms with Crippen molar-refractivity contribution in [1.29, 1.82) is 0 Å². The van der Waals surface area contributed by atoms with Gasteiger partial charge in [0.2, 0.25) is 5.91 Å². The van der Waals surface area contributed by atoms with Gasteiger partial charge in [-0.25, -0.2) is 0 Å². The van der Waals surface area contributed by atoms with E-state index in [0.717, 1.165) is 57.8 Å². The predicted molar refractivity (Wildman–Crippen MR) is 223 cm³/mol. The minimum absolute atomic E-state index is 0.0188. The van der Waals surface area contributed by atoms with Crippen LogP contribution in [-0.4, -0.2) is 47.4 Å². The normalized spacial score (nSPS) is 12.8. The first-order valence-corrected chi connectivity index (χ1v) is 23.0. The maximum absolute atomic E-state index is 12.3. The van der Waals surface area contributed by atoms with Crippen LogP contribution in [0.4, 0.5) is 0 Å². The van der Waals surface area contributed by atoms with Gasteiger partial charge in [0.25, 0.3) is 0 Å². The molecule has 0 fully saturated rings. The van der Waals surface area contributed by atoms with Crippen LogP contribution in [0.25, 0.3) is 0 Å². The van der Waals surface area contributed by atoms with Crippen LogP contribution in [0.15, 0.2) is 12.2 Å². The molecule has 0 saturated carbocycles. The smallest absolute Gasteiger partial charge is 0.305 e. The number of aliphatic hydroxyl groups excluding tert-OH is 2. The minimum Gasteiger partial charge on any atom is -0.466 e. The Morgan fingerprint density at radius 3 is 1.31 bits per heavy atom. The van der Waals surface area contributed by atoms with Crippen molar-refractivity contribution in [3.8, 4) is 0 Å². The lowest BCUT2D eigenvalue weighted by atomic mass is 10.0. The molecule has 0 radical (unpaired) electrons. The Balaban J connectivity index is 3.48. The summed E-state index contributed by atoms with van der Waals surface area (Å²) in [5.74, 6) is -0.111. The maximum Gasteiger partial charge on any atom is 0.305 e. The molecule has 0 spiro atoms. The van der Waals surface area contributed by atoms with Crippen LogP contribution in [0.3, 0.4) is 0 Å². The second kappa shape index (κ2) is 42.3. The molecule has 3 N–H and O–H groups in total. The van der Waals surface area contributed by atoms with Gasteiger partial charge >= 0.3 is 5.97 Å². The van der Waals surface area contributed by atoms with Crippen molar-refractivity contribution in [2.45, 2.75) is 257 Å². The van der Waals surface area contributed by atoms with Crippen molar-refractivity contribution >= 4 is 11.9 Å². The van der Waals surface area contributed by atoms with E-state index in [1.165, 1.54) is 161 Å². The fourth-order valence-corrected chi connectivity index (χ4v) is 6.98. The summed E-state index contributed by atoms with van der Waals surface area (Å²) < 4.78 is 5.45. The van der Waals surface area contributed by atoms with Crippen LogP contribution < -0.4 is 5.32 Å². The monoisotopic (exact) mass is 736 g/mol. The number of hydrogen-bond acceptors (Lipinski definition) is 5. The third-order valence-corrected chi connectivity index (χ3v) is 10.6. The molecular weight excluding hydrogens is 647 g/mol. The number of rotatable bonds is 42. The van der Waals surface area contributed by atoms with E-state index in [1.54, 1.807) is 6.08 Å². The zero-order chi connectivity index (χ0) is 38.0. The Morgan fingerprint density at radius 1 is 0.519 bits per heavy atom. The highest BCUT2D eigenvalue weighted by atomic mass is 16.5. The van der Waals surface area contributed by atoms with Gasteiger partial charge in [0.15, 0.2) is 0 Å². The van der Waals surface area contributed by atoms with Gasteiger partial charge in [0.05, 0.1) is 25.4 Å². The number of unbranched alkanes of at least 4 members (excludes halogenated alkanes) is 31. The molecule has 0 rings (SSSR count). The van der Waals surface area contributed by atoms with Gasteiger partial charge < -0.3 is 20.3 Å². The van der Waals surface area contributed by atoms with Gasteiger partial charge in [-0.2, -0.15) is 0 Å². The van der Waals surface area contributed by atoms with Crippen molar-refractivity contribution in [3.05, 3.63) is 12.2 Å². The molecule has 0 aromatic rings. The Hall–Kier alpha value is -1.40. The Labute approximate surface area is 323 Å². The van der Waals surface area contributed by atoms with Crippen molar-refractivity contribution in [2.24, 2.45) is 0 Å². The van der Waals surface area contributed by atoms with E-state index in [2.05, 4.69) is 19.2 Å². The van der Waals surface area contributed by atoms with Gasteiger partial charge in [-0.15, -0.1) is 0 Å². The molecule has 6 nitrogen and oxygen atoms in total. The summed E-state index contributed by atoms with van der Waals surface area (Å²) in [7, 11) is 0. The topological polar surface area (TPSA) is 95.9 Å². The molecule has 0 aromatic carbocycles. The number of ether oxygens (including phenoxy) is 1. The predicted octanol–water partition coefficient (Wildman–Crippen LogP) is 13.0. The third-order valence-electron chi connectivity index (χ3n) is 10.6. The molecule has 0 aliphatic heterocycles. The Kier molecular flexibility index (Phi) is 41.2. The summed E-state index contributed by atoms with van der Waals surface area (Å²) in [5, 5.41) is 22.9. The SMILES string of the molecule is CCCCCCCCCC/C=C/C(O)C(CO)NC(=O)CCCCCCCCCCCCOC(=O)CCCCCCCCCCCCCCCCC. The van der Waals surface area contributed by atoms with Crippen LogP contribution in [0.2, 0.25) is 0 Å². The zero-order valence-electron chi connectivity index (χ0n) is 34.8. The maximum atomic E-state index is 12.3. The van der Waals surface area contributed by atoms with Gasteiger partial charge in [-0.1, -0.05) is 212 Å². The summed E-state index contributed by atoms with van der Waals surface area (Å²) in [4.78, 5) is 24.4. The van der Waals surface area contributed by atoms with Gasteiger partial charge in [-0.05, 0) is 32.1 Å². The first-order chi connectivity index (χ1) is 25.5. The highest BCUT2D eigenvalue weighted by Crippen LogP contribution is 2.15. The van der Waals surface area contributed by atoms with Crippen LogP contribution >= 0.6 is 0 Å². The van der Waals surface area contributed by atoms with E-state index in [1.807, 2.05) is 6.08 Å². The van der Waals surface area contributed by atoms with Crippen LogP contribution in [0, 0.1) is 0 Å². The fourth-order valence-electron chi connectivity index (χ4n) is 6.98. The molecule has 0 heterocycles. The van der Waals surface area contributed by atoms with E-state index in [4.69, 9.17) is 4.74 Å². The Bertz CT molecular complexity index is 772. The van der Waals surface area contributed by atoms with Gasteiger partial charge in [0, 0.05) is 12.8 Å². The average Bonchev–Trinajstić information content (AvgIpc) is 3.14. The molecule has 0 bridgehead atoms. The Morgan fingerprint density at radius 2 is 0.885 bits per heavy atom. The lowest BCUT2D eigenvalue weighted by Gasteiger charge is -2.20. The number of allylic oxidation sites excluding steroid dienone is 1. The van der Waals surface area contributed by atoms with Crippen LogP contribution in [0.5, 0.6) is 0 Å². The van der Waals surface area contributed by atoms with Crippen molar-refractivity contribution < 1.29 is 24.5 Å². The zero-order valence-corrected chi connectivity index (χ0v) is 34.8. The molecule has 0 saturated heterocycles. The van der Waals surface area contributed by atoms with Crippen LogP contribution in [-0.2, 0) is 14.3 Å². The second-order valence-corrected chi connectivity index (χ2v) is 15.7. The molecule has 0 aliphatic carbocycles.